The predicted molar refractivity (Wildman–Crippen MR) is 226 cm³/mol. The van der Waals surface area contributed by atoms with Crippen LogP contribution in [-0.2, 0) is 0 Å². The fourth-order valence-electron chi connectivity index (χ4n) is 9.50. The van der Waals surface area contributed by atoms with Gasteiger partial charge in [0.2, 0.25) is 0 Å². The van der Waals surface area contributed by atoms with Gasteiger partial charge in [-0.05, 0) is 74.8 Å². The van der Waals surface area contributed by atoms with Crippen molar-refractivity contribution < 1.29 is 0 Å². The molecular weight excluding hydrogens is 657 g/mol. The van der Waals surface area contributed by atoms with Crippen molar-refractivity contribution in [2.75, 3.05) is 0 Å². The number of hydrogen-bond acceptors (Lipinski definition) is 2. The third-order valence-corrected chi connectivity index (χ3v) is 11.8. The minimum atomic E-state index is 0.710. The first-order valence-corrected chi connectivity index (χ1v) is 18.5. The van der Waals surface area contributed by atoms with E-state index in [0.717, 1.165) is 27.8 Å². The second kappa shape index (κ2) is 10.2. The van der Waals surface area contributed by atoms with Crippen LogP contribution >= 0.6 is 0 Å². The van der Waals surface area contributed by atoms with E-state index in [9.17, 15) is 0 Å². The van der Waals surface area contributed by atoms with E-state index >= 15 is 0 Å². The average molecular weight is 685 g/mol. The first kappa shape index (κ1) is 28.3. The Labute approximate surface area is 308 Å². The molecule has 0 atom stereocenters. The topological polar surface area (TPSA) is 35.1 Å². The summed E-state index contributed by atoms with van der Waals surface area (Å²) in [6.45, 7) is 0. The van der Waals surface area contributed by atoms with E-state index in [1.165, 1.54) is 86.7 Å². The number of aromatic nitrogens is 4. The van der Waals surface area contributed by atoms with Crippen LogP contribution in [0.3, 0.4) is 0 Å². The van der Waals surface area contributed by atoms with Crippen molar-refractivity contribution in [3.05, 3.63) is 170 Å². The van der Waals surface area contributed by atoms with Crippen molar-refractivity contribution in [2.45, 2.75) is 0 Å². The summed E-state index contributed by atoms with van der Waals surface area (Å²) in [5, 5.41) is 15.9. The molecule has 4 nitrogen and oxygen atoms in total. The Morgan fingerprint density at radius 3 is 1.81 bits per heavy atom. The van der Waals surface area contributed by atoms with E-state index in [2.05, 4.69) is 179 Å². The highest BCUT2D eigenvalue weighted by Gasteiger charge is 2.26. The molecule has 248 valence electrons. The maximum absolute atomic E-state index is 5.56. The molecule has 54 heavy (non-hydrogen) atoms. The van der Waals surface area contributed by atoms with E-state index in [1.807, 2.05) is 0 Å². The van der Waals surface area contributed by atoms with Gasteiger partial charge >= 0.3 is 0 Å². The van der Waals surface area contributed by atoms with Crippen LogP contribution in [0.1, 0.15) is 0 Å². The van der Waals surface area contributed by atoms with Gasteiger partial charge in [-0.2, -0.15) is 0 Å². The second-order valence-corrected chi connectivity index (χ2v) is 14.5. The molecule has 0 aliphatic rings. The lowest BCUT2D eigenvalue weighted by atomic mass is 9.99. The number of para-hydroxylation sites is 3. The van der Waals surface area contributed by atoms with Gasteiger partial charge in [0.05, 0.1) is 33.1 Å². The van der Waals surface area contributed by atoms with Gasteiger partial charge < -0.3 is 4.40 Å². The molecule has 0 amide bonds. The summed E-state index contributed by atoms with van der Waals surface area (Å²) in [6, 6.07) is 61.6. The quantitative estimate of drug-likeness (QED) is 0.170. The minimum Gasteiger partial charge on any atom is -0.308 e. The largest absolute Gasteiger partial charge is 0.308 e. The van der Waals surface area contributed by atoms with Gasteiger partial charge in [0, 0.05) is 43.3 Å². The molecule has 0 aliphatic heterocycles. The summed E-state index contributed by atoms with van der Waals surface area (Å²) in [7, 11) is 0. The Morgan fingerprint density at radius 2 is 0.963 bits per heavy atom. The standard InChI is InChI=1S/C50H28N4/c1-3-13-33-29(11-1)21-22-31-27-32(23-25-34(31)33)49-51-41-18-8-5-17-38(41)50(52-49)54-43-20-10-7-16-37(43)40-28-39-36-15-6-9-19-42(36)53-44-26-24-30-12-2-4-14-35(30)45(44)46(47(39)53)48(40)54/h1-28H. The highest BCUT2D eigenvalue weighted by atomic mass is 15.1. The summed E-state index contributed by atoms with van der Waals surface area (Å²) in [5.74, 6) is 1.59. The molecule has 0 fully saturated rings. The van der Waals surface area contributed by atoms with E-state index < -0.39 is 0 Å². The summed E-state index contributed by atoms with van der Waals surface area (Å²) in [4.78, 5) is 10.8. The Bertz CT molecular complexity index is 3740. The monoisotopic (exact) mass is 684 g/mol. The SMILES string of the molecule is c1ccc2c(c1)ccc1cc(-c3nc(-n4c5ccccc5c5cc6c7ccccc7n7c8ccc9ccccc9c8c(c54)c67)c4ccccc4n3)ccc12. The second-order valence-electron chi connectivity index (χ2n) is 14.5. The lowest BCUT2D eigenvalue weighted by Crippen LogP contribution is -2.03. The van der Waals surface area contributed by atoms with E-state index in [0.29, 0.717) is 5.82 Å². The van der Waals surface area contributed by atoms with Crippen molar-refractivity contribution in [3.63, 3.8) is 0 Å². The Morgan fingerprint density at radius 1 is 0.352 bits per heavy atom. The molecule has 0 aliphatic carbocycles. The molecule has 0 spiro atoms. The Hall–Kier alpha value is -7.30. The Kier molecular flexibility index (Phi) is 5.34. The third kappa shape index (κ3) is 3.57. The van der Waals surface area contributed by atoms with E-state index in [4.69, 9.17) is 9.97 Å². The zero-order valence-corrected chi connectivity index (χ0v) is 29.0. The fraction of sp³-hybridized carbons (Fsp3) is 0. The van der Waals surface area contributed by atoms with Crippen LogP contribution in [0.5, 0.6) is 0 Å². The van der Waals surface area contributed by atoms with Crippen LogP contribution in [0.4, 0.5) is 0 Å². The number of fused-ring (bicyclic) bond motifs is 16. The zero-order chi connectivity index (χ0) is 35.1. The number of hydrogen-bond donors (Lipinski definition) is 0. The highest BCUT2D eigenvalue weighted by molar-refractivity contribution is 6.37. The molecular formula is C50H28N4. The fourth-order valence-corrected chi connectivity index (χ4v) is 9.50. The predicted octanol–water partition coefficient (Wildman–Crippen LogP) is 13.0. The average Bonchev–Trinajstić information content (AvgIpc) is 3.88. The lowest BCUT2D eigenvalue weighted by molar-refractivity contribution is 1.08. The van der Waals surface area contributed by atoms with Gasteiger partial charge in [-0.25, -0.2) is 9.97 Å². The molecule has 0 saturated carbocycles. The molecule has 0 saturated heterocycles. The first-order valence-electron chi connectivity index (χ1n) is 18.5. The van der Waals surface area contributed by atoms with Crippen molar-refractivity contribution >= 4 is 103 Å². The zero-order valence-electron chi connectivity index (χ0n) is 29.0. The van der Waals surface area contributed by atoms with Crippen LogP contribution in [-0.4, -0.2) is 18.9 Å². The van der Waals surface area contributed by atoms with E-state index in [1.54, 1.807) is 0 Å². The van der Waals surface area contributed by atoms with Crippen molar-refractivity contribution in [1.29, 1.82) is 0 Å². The van der Waals surface area contributed by atoms with Crippen LogP contribution in [0.2, 0.25) is 0 Å². The molecule has 0 unspecified atom stereocenters. The number of nitrogens with zero attached hydrogens (tertiary/aromatic N) is 4. The first-order chi connectivity index (χ1) is 26.8. The van der Waals surface area contributed by atoms with Gasteiger partial charge in [0.15, 0.2) is 5.82 Å². The molecule has 0 radical (unpaired) electrons. The van der Waals surface area contributed by atoms with Crippen molar-refractivity contribution in [2.24, 2.45) is 0 Å². The Balaban J connectivity index is 1.22. The highest BCUT2D eigenvalue weighted by Crippen LogP contribution is 2.48. The third-order valence-electron chi connectivity index (χ3n) is 11.8. The molecule has 0 bridgehead atoms. The van der Waals surface area contributed by atoms with Gasteiger partial charge in [-0.3, -0.25) is 4.57 Å². The molecule has 9 aromatic carbocycles. The molecule has 13 aromatic rings. The van der Waals surface area contributed by atoms with Gasteiger partial charge in [-0.15, -0.1) is 0 Å². The smallest absolute Gasteiger partial charge is 0.162 e. The van der Waals surface area contributed by atoms with Crippen LogP contribution in [0, 0.1) is 0 Å². The minimum absolute atomic E-state index is 0.710. The maximum Gasteiger partial charge on any atom is 0.162 e. The summed E-state index contributed by atoms with van der Waals surface area (Å²) >= 11 is 0. The van der Waals surface area contributed by atoms with Gasteiger partial charge in [0.1, 0.15) is 5.82 Å². The molecule has 4 aromatic heterocycles. The van der Waals surface area contributed by atoms with Crippen LogP contribution in [0.15, 0.2) is 170 Å². The normalized spacial score (nSPS) is 12.4. The number of benzene rings is 9. The number of rotatable bonds is 2. The summed E-state index contributed by atoms with van der Waals surface area (Å²) in [5.41, 5.74) is 7.90. The van der Waals surface area contributed by atoms with E-state index in [-0.39, 0.29) is 0 Å². The molecule has 13 rings (SSSR count). The van der Waals surface area contributed by atoms with Crippen molar-refractivity contribution in [1.82, 2.24) is 18.9 Å². The van der Waals surface area contributed by atoms with Crippen molar-refractivity contribution in [3.8, 4) is 17.2 Å². The summed E-state index contributed by atoms with van der Waals surface area (Å²) in [6.07, 6.45) is 0. The van der Waals surface area contributed by atoms with Crippen LogP contribution < -0.4 is 0 Å². The molecule has 4 heterocycles. The maximum atomic E-state index is 5.56. The lowest BCUT2D eigenvalue weighted by Gasteiger charge is -2.14. The van der Waals surface area contributed by atoms with Gasteiger partial charge in [-0.1, -0.05) is 127 Å². The van der Waals surface area contributed by atoms with Gasteiger partial charge in [0.25, 0.3) is 0 Å². The van der Waals surface area contributed by atoms with Crippen LogP contribution in [0.25, 0.3) is 120 Å². The molecule has 0 N–H and O–H groups in total. The summed E-state index contributed by atoms with van der Waals surface area (Å²) < 4.78 is 4.92. The molecule has 4 heteroatoms.